The zero-order valence-electron chi connectivity index (χ0n) is 10.1. The molecular weight excluding hydrogens is 274 g/mol. The lowest BCUT2D eigenvalue weighted by atomic mass is 10.2. The molecule has 2 N–H and O–H groups in total. The van der Waals surface area contributed by atoms with Crippen molar-refractivity contribution >= 4 is 27.3 Å². The highest BCUT2D eigenvalue weighted by Gasteiger charge is 2.26. The standard InChI is InChI=1S/C11H15NO4S2/c1-4-5-9(11(13)14)12-18(15,16)10-6-7(2)17-8(10)3/h4,6,9,12H,1,5H2,2-3H3,(H,13,14). The molecule has 0 aromatic carbocycles. The van der Waals surface area contributed by atoms with Gasteiger partial charge in [-0.1, -0.05) is 6.08 Å². The summed E-state index contributed by atoms with van der Waals surface area (Å²) < 4.78 is 26.3. The summed E-state index contributed by atoms with van der Waals surface area (Å²) in [5.41, 5.74) is 0. The Kier molecular flexibility index (Phi) is 4.66. The van der Waals surface area contributed by atoms with Gasteiger partial charge in [-0.25, -0.2) is 8.42 Å². The van der Waals surface area contributed by atoms with E-state index in [4.69, 9.17) is 5.11 Å². The first kappa shape index (κ1) is 14.9. The lowest BCUT2D eigenvalue weighted by molar-refractivity contribution is -0.138. The second-order valence-corrected chi connectivity index (χ2v) is 6.96. The van der Waals surface area contributed by atoms with E-state index < -0.39 is 22.0 Å². The highest BCUT2D eigenvalue weighted by molar-refractivity contribution is 7.89. The van der Waals surface area contributed by atoms with Crippen LogP contribution in [-0.4, -0.2) is 25.5 Å². The number of hydrogen-bond donors (Lipinski definition) is 2. The molecule has 1 atom stereocenters. The van der Waals surface area contributed by atoms with Crippen molar-refractivity contribution in [3.63, 3.8) is 0 Å². The Morgan fingerprint density at radius 3 is 2.61 bits per heavy atom. The smallest absolute Gasteiger partial charge is 0.322 e. The third-order valence-corrected chi connectivity index (χ3v) is 4.98. The summed E-state index contributed by atoms with van der Waals surface area (Å²) in [4.78, 5) is 12.6. The van der Waals surface area contributed by atoms with Crippen LogP contribution in [0.15, 0.2) is 23.6 Å². The van der Waals surface area contributed by atoms with E-state index in [-0.39, 0.29) is 11.3 Å². The Labute approximate surface area is 110 Å². The number of sulfonamides is 1. The molecule has 1 unspecified atom stereocenters. The summed E-state index contributed by atoms with van der Waals surface area (Å²) in [6.07, 6.45) is 1.41. The van der Waals surface area contributed by atoms with Crippen LogP contribution < -0.4 is 4.72 Å². The molecule has 0 saturated heterocycles. The molecule has 1 aromatic heterocycles. The SMILES string of the molecule is C=CCC(NS(=O)(=O)c1cc(C)sc1C)C(=O)O. The molecule has 0 aliphatic rings. The van der Waals surface area contributed by atoms with Crippen LogP contribution in [0.5, 0.6) is 0 Å². The number of carboxylic acid groups (broad SMARTS) is 1. The molecule has 0 spiro atoms. The van der Waals surface area contributed by atoms with Gasteiger partial charge in [-0.05, 0) is 26.3 Å². The van der Waals surface area contributed by atoms with Gasteiger partial charge in [0.25, 0.3) is 0 Å². The first-order chi connectivity index (χ1) is 8.27. The van der Waals surface area contributed by atoms with Gasteiger partial charge in [-0.15, -0.1) is 17.9 Å². The Bertz CT molecular complexity index is 560. The zero-order chi connectivity index (χ0) is 13.9. The lowest BCUT2D eigenvalue weighted by Crippen LogP contribution is -2.40. The van der Waals surface area contributed by atoms with Crippen molar-refractivity contribution in [2.75, 3.05) is 0 Å². The van der Waals surface area contributed by atoms with Crippen LogP contribution in [0.1, 0.15) is 16.2 Å². The monoisotopic (exact) mass is 289 g/mol. The summed E-state index contributed by atoms with van der Waals surface area (Å²) in [5, 5.41) is 8.92. The minimum atomic E-state index is -3.80. The van der Waals surface area contributed by atoms with Crippen LogP contribution >= 0.6 is 11.3 Å². The van der Waals surface area contributed by atoms with Gasteiger partial charge in [-0.3, -0.25) is 4.79 Å². The molecule has 7 heteroatoms. The minimum absolute atomic E-state index is 0.0384. The van der Waals surface area contributed by atoms with E-state index >= 15 is 0 Å². The van der Waals surface area contributed by atoms with Crippen molar-refractivity contribution in [3.8, 4) is 0 Å². The lowest BCUT2D eigenvalue weighted by Gasteiger charge is -2.12. The topological polar surface area (TPSA) is 83.5 Å². The number of carbonyl (C=O) groups is 1. The van der Waals surface area contributed by atoms with Gasteiger partial charge in [-0.2, -0.15) is 4.72 Å². The van der Waals surface area contributed by atoms with Gasteiger partial charge < -0.3 is 5.11 Å². The molecule has 18 heavy (non-hydrogen) atoms. The molecule has 0 aliphatic heterocycles. The van der Waals surface area contributed by atoms with Crippen molar-refractivity contribution < 1.29 is 18.3 Å². The number of nitrogens with one attached hydrogen (secondary N) is 1. The van der Waals surface area contributed by atoms with E-state index in [2.05, 4.69) is 11.3 Å². The molecule has 0 amide bonds. The molecule has 5 nitrogen and oxygen atoms in total. The molecule has 0 aliphatic carbocycles. The number of hydrogen-bond acceptors (Lipinski definition) is 4. The van der Waals surface area contributed by atoms with Crippen molar-refractivity contribution in [1.29, 1.82) is 0 Å². The maximum Gasteiger partial charge on any atom is 0.322 e. The fourth-order valence-electron chi connectivity index (χ4n) is 1.49. The molecule has 0 bridgehead atoms. The summed E-state index contributed by atoms with van der Waals surface area (Å²) in [7, 11) is -3.80. The summed E-state index contributed by atoms with van der Waals surface area (Å²) in [6, 6.07) is 0.349. The van der Waals surface area contributed by atoms with Crippen LogP contribution in [0.25, 0.3) is 0 Å². The normalized spacial score (nSPS) is 13.2. The average Bonchev–Trinajstić information content (AvgIpc) is 2.57. The largest absolute Gasteiger partial charge is 0.480 e. The first-order valence-electron chi connectivity index (χ1n) is 5.21. The maximum atomic E-state index is 12.1. The molecule has 1 heterocycles. The molecule has 1 aromatic rings. The summed E-state index contributed by atoms with van der Waals surface area (Å²) in [6.45, 7) is 6.90. The minimum Gasteiger partial charge on any atom is -0.480 e. The van der Waals surface area contributed by atoms with E-state index in [9.17, 15) is 13.2 Å². The number of rotatable bonds is 6. The Hall–Kier alpha value is -1.18. The van der Waals surface area contributed by atoms with Crippen molar-refractivity contribution in [2.24, 2.45) is 0 Å². The molecule has 0 fully saturated rings. The quantitative estimate of drug-likeness (QED) is 0.780. The predicted molar refractivity (Wildman–Crippen MR) is 70.4 cm³/mol. The summed E-state index contributed by atoms with van der Waals surface area (Å²) in [5.74, 6) is -1.22. The number of aliphatic carboxylic acids is 1. The third-order valence-electron chi connectivity index (χ3n) is 2.28. The van der Waals surface area contributed by atoms with Gasteiger partial charge in [0, 0.05) is 9.75 Å². The number of aryl methyl sites for hydroxylation is 2. The second kappa shape index (κ2) is 5.64. The zero-order valence-corrected chi connectivity index (χ0v) is 11.8. The molecule has 0 radical (unpaired) electrons. The Morgan fingerprint density at radius 2 is 2.22 bits per heavy atom. The highest BCUT2D eigenvalue weighted by Crippen LogP contribution is 2.25. The van der Waals surface area contributed by atoms with Crippen LogP contribution in [-0.2, 0) is 14.8 Å². The number of carboxylic acids is 1. The second-order valence-electron chi connectivity index (χ2n) is 3.81. The molecule has 100 valence electrons. The Balaban J connectivity index is 3.04. The van der Waals surface area contributed by atoms with Gasteiger partial charge in [0.15, 0.2) is 0 Å². The van der Waals surface area contributed by atoms with Crippen molar-refractivity contribution in [3.05, 3.63) is 28.5 Å². The summed E-state index contributed by atoms with van der Waals surface area (Å²) >= 11 is 1.36. The van der Waals surface area contributed by atoms with E-state index in [1.165, 1.54) is 23.5 Å². The Morgan fingerprint density at radius 1 is 1.61 bits per heavy atom. The average molecular weight is 289 g/mol. The van der Waals surface area contributed by atoms with Gasteiger partial charge >= 0.3 is 5.97 Å². The highest BCUT2D eigenvalue weighted by atomic mass is 32.2. The fourth-order valence-corrected chi connectivity index (χ4v) is 4.25. The van der Waals surface area contributed by atoms with Gasteiger partial charge in [0.05, 0.1) is 4.90 Å². The van der Waals surface area contributed by atoms with E-state index in [0.29, 0.717) is 4.88 Å². The molecule has 1 rings (SSSR count). The van der Waals surface area contributed by atoms with Crippen LogP contribution in [0, 0.1) is 13.8 Å². The van der Waals surface area contributed by atoms with E-state index in [1.54, 1.807) is 13.8 Å². The fraction of sp³-hybridized carbons (Fsp3) is 0.364. The maximum absolute atomic E-state index is 12.1. The van der Waals surface area contributed by atoms with Crippen LogP contribution in [0.2, 0.25) is 0 Å². The van der Waals surface area contributed by atoms with Crippen molar-refractivity contribution in [1.82, 2.24) is 4.72 Å². The molecule has 0 saturated carbocycles. The number of thiophene rings is 1. The van der Waals surface area contributed by atoms with Crippen LogP contribution in [0.4, 0.5) is 0 Å². The molecular formula is C11H15NO4S2. The van der Waals surface area contributed by atoms with E-state index in [1.807, 2.05) is 0 Å². The van der Waals surface area contributed by atoms with E-state index in [0.717, 1.165) is 4.88 Å². The van der Waals surface area contributed by atoms with Crippen molar-refractivity contribution in [2.45, 2.75) is 31.2 Å². The first-order valence-corrected chi connectivity index (χ1v) is 7.51. The predicted octanol–water partition coefficient (Wildman–Crippen LogP) is 1.67. The van der Waals surface area contributed by atoms with Gasteiger partial charge in [0.2, 0.25) is 10.0 Å². The van der Waals surface area contributed by atoms with Crippen LogP contribution in [0.3, 0.4) is 0 Å². The third kappa shape index (κ3) is 3.41. The van der Waals surface area contributed by atoms with Gasteiger partial charge in [0.1, 0.15) is 6.04 Å².